The van der Waals surface area contributed by atoms with Crippen molar-refractivity contribution in [3.63, 3.8) is 0 Å². The third-order valence-corrected chi connectivity index (χ3v) is 2.54. The Bertz CT molecular complexity index is 400. The van der Waals surface area contributed by atoms with E-state index in [0.29, 0.717) is 10.0 Å². The number of hydrogen-bond acceptors (Lipinski definition) is 1. The maximum Gasteiger partial charge on any atom is 0.246 e. The molecule has 1 amide bonds. The number of likely N-dealkylation sites (N-methyl/N-ethyl adjacent to an activating group) is 1. The number of carbonyl (C=O) groups is 1. The molecule has 2 nitrogen and oxygen atoms in total. The van der Waals surface area contributed by atoms with Gasteiger partial charge in [-0.25, -0.2) is 0 Å². The molecule has 0 fully saturated rings. The molecule has 1 rings (SSSR count). The van der Waals surface area contributed by atoms with Crippen molar-refractivity contribution in [3.8, 4) is 0 Å². The van der Waals surface area contributed by atoms with Crippen LogP contribution in [0, 0.1) is 0 Å². The molecule has 0 N–H and O–H groups in total. The van der Waals surface area contributed by atoms with Crippen molar-refractivity contribution < 1.29 is 4.79 Å². The first-order chi connectivity index (χ1) is 7.00. The number of hydrogen-bond donors (Lipinski definition) is 0. The molecule has 0 aliphatic heterocycles. The zero-order valence-electron chi connectivity index (χ0n) is 8.50. The van der Waals surface area contributed by atoms with Crippen molar-refractivity contribution in [1.29, 1.82) is 0 Å². The molecule has 0 radical (unpaired) electrons. The molecule has 0 saturated heterocycles. The van der Waals surface area contributed by atoms with Gasteiger partial charge in [-0.2, -0.15) is 0 Å². The minimum Gasteiger partial charge on any atom is -0.345 e. The van der Waals surface area contributed by atoms with Gasteiger partial charge in [-0.3, -0.25) is 4.79 Å². The lowest BCUT2D eigenvalue weighted by atomic mass is 10.2. The molecule has 0 bridgehead atoms. The molecule has 0 spiro atoms. The quantitative estimate of drug-likeness (QED) is 0.732. The van der Waals surface area contributed by atoms with Crippen LogP contribution < -0.4 is 0 Å². The van der Waals surface area contributed by atoms with Gasteiger partial charge in [0.05, 0.1) is 10.0 Å². The molecule has 0 aromatic heterocycles. The average molecular weight is 244 g/mol. The molecule has 0 saturated carbocycles. The van der Waals surface area contributed by atoms with Gasteiger partial charge in [0.25, 0.3) is 0 Å². The first-order valence-electron chi connectivity index (χ1n) is 4.35. The largest absolute Gasteiger partial charge is 0.345 e. The van der Waals surface area contributed by atoms with E-state index in [1.807, 2.05) is 0 Å². The Balaban J connectivity index is 2.81. The molecule has 1 aromatic carbocycles. The lowest BCUT2D eigenvalue weighted by Crippen LogP contribution is -2.18. The van der Waals surface area contributed by atoms with Crippen molar-refractivity contribution in [2.24, 2.45) is 0 Å². The number of halogens is 2. The molecule has 1 aromatic rings. The van der Waals surface area contributed by atoms with Crippen LogP contribution in [0.25, 0.3) is 6.08 Å². The number of nitrogens with zero attached hydrogens (tertiary/aromatic N) is 1. The molecule has 15 heavy (non-hydrogen) atoms. The molecular weight excluding hydrogens is 233 g/mol. The van der Waals surface area contributed by atoms with E-state index in [4.69, 9.17) is 23.2 Å². The van der Waals surface area contributed by atoms with E-state index < -0.39 is 0 Å². The van der Waals surface area contributed by atoms with E-state index in [1.54, 1.807) is 38.4 Å². The summed E-state index contributed by atoms with van der Waals surface area (Å²) in [7, 11) is 3.39. The Kier molecular flexibility index (Phi) is 4.18. The molecule has 0 aliphatic rings. The maximum atomic E-state index is 11.2. The summed E-state index contributed by atoms with van der Waals surface area (Å²) in [6, 6.07) is 5.21. The van der Waals surface area contributed by atoms with E-state index in [0.717, 1.165) is 5.56 Å². The van der Waals surface area contributed by atoms with Crippen LogP contribution in [0.15, 0.2) is 24.3 Å². The molecule has 0 atom stereocenters. The van der Waals surface area contributed by atoms with Crippen LogP contribution in [-0.4, -0.2) is 24.9 Å². The van der Waals surface area contributed by atoms with Crippen LogP contribution in [0.2, 0.25) is 10.0 Å². The van der Waals surface area contributed by atoms with Gasteiger partial charge in [-0.15, -0.1) is 0 Å². The highest BCUT2D eigenvalue weighted by Crippen LogP contribution is 2.23. The van der Waals surface area contributed by atoms with E-state index in [2.05, 4.69) is 0 Å². The topological polar surface area (TPSA) is 20.3 Å². The second kappa shape index (κ2) is 5.19. The average Bonchev–Trinajstić information content (AvgIpc) is 2.19. The highest BCUT2D eigenvalue weighted by molar-refractivity contribution is 6.42. The van der Waals surface area contributed by atoms with Crippen LogP contribution >= 0.6 is 23.2 Å². The van der Waals surface area contributed by atoms with Crippen LogP contribution in [0.3, 0.4) is 0 Å². The fourth-order valence-electron chi connectivity index (χ4n) is 0.933. The minimum absolute atomic E-state index is 0.0685. The zero-order chi connectivity index (χ0) is 11.4. The second-order valence-electron chi connectivity index (χ2n) is 3.24. The summed E-state index contributed by atoms with van der Waals surface area (Å²) >= 11 is 11.6. The number of carbonyl (C=O) groups excluding carboxylic acids is 1. The maximum absolute atomic E-state index is 11.2. The van der Waals surface area contributed by atoms with Crippen LogP contribution in [0.5, 0.6) is 0 Å². The fraction of sp³-hybridized carbons (Fsp3) is 0.182. The van der Waals surface area contributed by atoms with Crippen molar-refractivity contribution in [2.45, 2.75) is 0 Å². The number of rotatable bonds is 2. The summed E-state index contributed by atoms with van der Waals surface area (Å²) in [4.78, 5) is 12.7. The van der Waals surface area contributed by atoms with Gasteiger partial charge in [0.2, 0.25) is 5.91 Å². The van der Waals surface area contributed by atoms with E-state index >= 15 is 0 Å². The monoisotopic (exact) mass is 243 g/mol. The number of amides is 1. The van der Waals surface area contributed by atoms with E-state index in [9.17, 15) is 4.79 Å². The van der Waals surface area contributed by atoms with Crippen LogP contribution in [0.1, 0.15) is 5.56 Å². The first kappa shape index (κ1) is 12.1. The summed E-state index contributed by atoms with van der Waals surface area (Å²) in [5.74, 6) is -0.0685. The molecule has 0 unspecified atom stereocenters. The molecule has 0 heterocycles. The second-order valence-corrected chi connectivity index (χ2v) is 4.05. The van der Waals surface area contributed by atoms with Crippen molar-refractivity contribution in [3.05, 3.63) is 39.9 Å². The Morgan fingerprint density at radius 3 is 2.47 bits per heavy atom. The number of benzene rings is 1. The van der Waals surface area contributed by atoms with Gasteiger partial charge >= 0.3 is 0 Å². The third kappa shape index (κ3) is 3.57. The van der Waals surface area contributed by atoms with Crippen LogP contribution in [-0.2, 0) is 4.79 Å². The molecular formula is C11H11Cl2NO. The van der Waals surface area contributed by atoms with Gasteiger partial charge in [0.15, 0.2) is 0 Å². The van der Waals surface area contributed by atoms with Gasteiger partial charge in [0.1, 0.15) is 0 Å². The fourth-order valence-corrected chi connectivity index (χ4v) is 1.24. The van der Waals surface area contributed by atoms with Gasteiger partial charge < -0.3 is 4.90 Å². The van der Waals surface area contributed by atoms with Crippen LogP contribution in [0.4, 0.5) is 0 Å². The smallest absolute Gasteiger partial charge is 0.246 e. The SMILES string of the molecule is CN(C)C(=O)C=Cc1ccc(Cl)c(Cl)c1. The third-order valence-electron chi connectivity index (χ3n) is 1.80. The summed E-state index contributed by atoms with van der Waals surface area (Å²) in [5, 5.41) is 0.990. The Morgan fingerprint density at radius 2 is 1.93 bits per heavy atom. The highest BCUT2D eigenvalue weighted by Gasteiger charge is 1.99. The summed E-state index contributed by atoms with van der Waals surface area (Å²) < 4.78 is 0. The minimum atomic E-state index is -0.0685. The lowest BCUT2D eigenvalue weighted by Gasteiger charge is -2.05. The normalized spacial score (nSPS) is 10.7. The van der Waals surface area contributed by atoms with E-state index in [1.165, 1.54) is 11.0 Å². The van der Waals surface area contributed by atoms with Gasteiger partial charge in [-0.1, -0.05) is 29.3 Å². The summed E-state index contributed by atoms with van der Waals surface area (Å²) in [5.41, 5.74) is 0.847. The summed E-state index contributed by atoms with van der Waals surface area (Å²) in [6.45, 7) is 0. The van der Waals surface area contributed by atoms with Gasteiger partial charge in [-0.05, 0) is 23.8 Å². The lowest BCUT2D eigenvalue weighted by molar-refractivity contribution is -0.123. The van der Waals surface area contributed by atoms with Crippen molar-refractivity contribution >= 4 is 35.2 Å². The Labute approximate surface area is 99.1 Å². The first-order valence-corrected chi connectivity index (χ1v) is 5.10. The molecule has 0 aliphatic carbocycles. The summed E-state index contributed by atoms with van der Waals surface area (Å²) in [6.07, 6.45) is 3.18. The predicted molar refractivity (Wildman–Crippen MR) is 64.2 cm³/mol. The Hall–Kier alpha value is -0.990. The standard InChI is InChI=1S/C11H11Cl2NO/c1-14(2)11(15)6-4-8-3-5-9(12)10(13)7-8/h3-7H,1-2H3. The predicted octanol–water partition coefficient (Wildman–Crippen LogP) is 3.09. The zero-order valence-corrected chi connectivity index (χ0v) is 10.0. The Morgan fingerprint density at radius 1 is 1.27 bits per heavy atom. The highest BCUT2D eigenvalue weighted by atomic mass is 35.5. The van der Waals surface area contributed by atoms with E-state index in [-0.39, 0.29) is 5.91 Å². The van der Waals surface area contributed by atoms with Crippen molar-refractivity contribution in [2.75, 3.05) is 14.1 Å². The van der Waals surface area contributed by atoms with Crippen molar-refractivity contribution in [1.82, 2.24) is 4.90 Å². The van der Waals surface area contributed by atoms with Gasteiger partial charge in [0, 0.05) is 20.2 Å². The molecule has 80 valence electrons. The molecule has 4 heteroatoms.